The highest BCUT2D eigenvalue weighted by molar-refractivity contribution is 6.74. The largest absolute Gasteiger partial charge is 0.506 e. The summed E-state index contributed by atoms with van der Waals surface area (Å²) in [5.74, 6) is 0.794. The second-order valence-corrected chi connectivity index (χ2v) is 18.8. The Kier molecular flexibility index (Phi) is 11.8. The molecule has 1 heterocycles. The Bertz CT molecular complexity index is 2050. The Morgan fingerprint density at radius 3 is 2.49 bits per heavy atom. The molecule has 0 aliphatic rings. The SMILES string of the molecule is CC(C)(C)[Si](C)(C)O[C@@H](CNCc1cccc(OCCC=Cc2ccc(-c3ccccc3)c(NC(=O)O)c2)c1)c1ccc(O)c2[nH]c(=O)ccc12. The number of phenols is 1. The molecule has 0 saturated heterocycles. The van der Waals surface area contributed by atoms with Gasteiger partial charge >= 0.3 is 6.09 Å². The molecule has 5 N–H and O–H groups in total. The van der Waals surface area contributed by atoms with Gasteiger partial charge in [-0.3, -0.25) is 10.1 Å². The second kappa shape index (κ2) is 16.2. The molecule has 0 aliphatic carbocycles. The Hall–Kier alpha value is -5.16. The molecule has 0 fully saturated rings. The fourth-order valence-electron chi connectivity index (χ4n) is 5.60. The van der Waals surface area contributed by atoms with Crippen molar-refractivity contribution in [2.75, 3.05) is 18.5 Å². The van der Waals surface area contributed by atoms with E-state index in [0.717, 1.165) is 39.0 Å². The molecular formula is C41H47N3O6Si. The number of carbonyl (C=O) groups is 1. The normalized spacial score (nSPS) is 12.6. The van der Waals surface area contributed by atoms with Crippen LogP contribution < -0.4 is 20.9 Å². The first kappa shape index (κ1) is 37.1. The molecule has 1 amide bonds. The van der Waals surface area contributed by atoms with E-state index in [-0.39, 0.29) is 22.5 Å². The topological polar surface area (TPSA) is 133 Å². The van der Waals surface area contributed by atoms with Gasteiger partial charge in [0, 0.05) is 30.1 Å². The number of anilines is 1. The molecule has 4 aromatic carbocycles. The summed E-state index contributed by atoms with van der Waals surface area (Å²) in [6.45, 7) is 12.6. The summed E-state index contributed by atoms with van der Waals surface area (Å²) in [7, 11) is -2.20. The number of carboxylic acid groups (broad SMARTS) is 1. The number of pyridine rings is 1. The van der Waals surface area contributed by atoms with Crippen LogP contribution in [0.25, 0.3) is 28.1 Å². The molecule has 51 heavy (non-hydrogen) atoms. The van der Waals surface area contributed by atoms with Gasteiger partial charge in [-0.2, -0.15) is 0 Å². The second-order valence-electron chi connectivity index (χ2n) is 14.1. The van der Waals surface area contributed by atoms with Crippen molar-refractivity contribution >= 4 is 37.1 Å². The lowest BCUT2D eigenvalue weighted by Gasteiger charge is -2.39. The molecular weight excluding hydrogens is 659 g/mol. The van der Waals surface area contributed by atoms with Gasteiger partial charge in [-0.05, 0) is 77.1 Å². The average molecular weight is 706 g/mol. The Morgan fingerprint density at radius 2 is 1.75 bits per heavy atom. The molecule has 266 valence electrons. The van der Waals surface area contributed by atoms with E-state index in [2.05, 4.69) is 49.5 Å². The number of rotatable bonds is 14. The highest BCUT2D eigenvalue weighted by Crippen LogP contribution is 2.41. The van der Waals surface area contributed by atoms with Crippen molar-refractivity contribution in [1.29, 1.82) is 0 Å². The van der Waals surface area contributed by atoms with Gasteiger partial charge in [0.15, 0.2) is 8.32 Å². The van der Waals surface area contributed by atoms with E-state index in [0.29, 0.717) is 37.3 Å². The number of aromatic hydroxyl groups is 1. The first-order valence-electron chi connectivity index (χ1n) is 17.1. The van der Waals surface area contributed by atoms with Crippen LogP contribution in [0.3, 0.4) is 0 Å². The minimum Gasteiger partial charge on any atom is -0.506 e. The number of ether oxygens (including phenoxy) is 1. The van der Waals surface area contributed by atoms with Gasteiger partial charge in [0.25, 0.3) is 0 Å². The van der Waals surface area contributed by atoms with Crippen molar-refractivity contribution in [3.05, 3.63) is 130 Å². The van der Waals surface area contributed by atoms with Crippen molar-refractivity contribution in [2.45, 2.75) is 58.0 Å². The van der Waals surface area contributed by atoms with E-state index in [1.165, 1.54) is 6.07 Å². The number of benzene rings is 4. The van der Waals surface area contributed by atoms with Gasteiger partial charge in [-0.1, -0.05) is 93.6 Å². The average Bonchev–Trinajstić information content (AvgIpc) is 3.08. The maximum Gasteiger partial charge on any atom is 0.409 e. The molecule has 1 aromatic heterocycles. The minimum atomic E-state index is -2.20. The first-order valence-corrected chi connectivity index (χ1v) is 20.0. The van der Waals surface area contributed by atoms with E-state index >= 15 is 0 Å². The maximum atomic E-state index is 12.0. The standard InChI is InChI=1S/C41H47N3O6Si/c1-41(2,3)51(4,5)50-37(33-19-21-36(45)39-34(33)20-22-38(46)44-39)27-42-26-29-13-11-16-31(24-29)49-23-10-9-12-28-17-18-32(30-14-7-6-8-15-30)35(25-28)43-40(47)48/h6-9,11-22,24-25,37,42-43,45H,10,23,26-27H2,1-5H3,(H,44,46)(H,47,48)/t37-/m0/s1. The third kappa shape index (κ3) is 9.76. The summed E-state index contributed by atoms with van der Waals surface area (Å²) in [5, 5.41) is 26.7. The van der Waals surface area contributed by atoms with Crippen LogP contribution in [0.4, 0.5) is 10.5 Å². The fourth-order valence-corrected chi connectivity index (χ4v) is 6.87. The lowest BCUT2D eigenvalue weighted by molar-refractivity contribution is 0.181. The molecule has 0 unspecified atom stereocenters. The van der Waals surface area contributed by atoms with Gasteiger partial charge in [-0.15, -0.1) is 0 Å². The Labute approximate surface area is 300 Å². The molecule has 0 saturated carbocycles. The van der Waals surface area contributed by atoms with E-state index in [1.807, 2.05) is 91.0 Å². The van der Waals surface area contributed by atoms with E-state index in [4.69, 9.17) is 9.16 Å². The highest BCUT2D eigenvalue weighted by Gasteiger charge is 2.39. The maximum absolute atomic E-state index is 12.0. The molecule has 5 aromatic rings. The molecule has 0 radical (unpaired) electrons. The Morgan fingerprint density at radius 1 is 0.961 bits per heavy atom. The molecule has 5 rings (SSSR count). The lowest BCUT2D eigenvalue weighted by Crippen LogP contribution is -2.43. The summed E-state index contributed by atoms with van der Waals surface area (Å²) in [6, 6.07) is 30.1. The summed E-state index contributed by atoms with van der Waals surface area (Å²) in [6.07, 6.45) is 3.23. The van der Waals surface area contributed by atoms with Crippen LogP contribution in [-0.2, 0) is 11.0 Å². The number of hydrogen-bond donors (Lipinski definition) is 5. The number of aromatic nitrogens is 1. The van der Waals surface area contributed by atoms with Crippen molar-refractivity contribution < 1.29 is 24.2 Å². The zero-order valence-corrected chi connectivity index (χ0v) is 30.8. The van der Waals surface area contributed by atoms with Crippen LogP contribution in [0.2, 0.25) is 18.1 Å². The van der Waals surface area contributed by atoms with E-state index in [9.17, 15) is 19.8 Å². The number of aromatic amines is 1. The van der Waals surface area contributed by atoms with Gasteiger partial charge in [-0.25, -0.2) is 4.79 Å². The lowest BCUT2D eigenvalue weighted by atomic mass is 10.0. The molecule has 1 atom stereocenters. The monoisotopic (exact) mass is 705 g/mol. The third-order valence-electron chi connectivity index (χ3n) is 9.29. The van der Waals surface area contributed by atoms with Crippen LogP contribution in [0.1, 0.15) is 50.0 Å². The molecule has 9 nitrogen and oxygen atoms in total. The highest BCUT2D eigenvalue weighted by atomic mass is 28.4. The van der Waals surface area contributed by atoms with Gasteiger partial charge in [0.05, 0.1) is 23.9 Å². The third-order valence-corrected chi connectivity index (χ3v) is 13.8. The number of nitrogens with one attached hydrogen (secondary N) is 3. The number of amides is 1. The van der Waals surface area contributed by atoms with Crippen LogP contribution >= 0.6 is 0 Å². The summed E-state index contributed by atoms with van der Waals surface area (Å²) in [4.78, 5) is 26.3. The van der Waals surface area contributed by atoms with Gasteiger partial charge < -0.3 is 29.7 Å². The Balaban J connectivity index is 1.20. The molecule has 10 heteroatoms. The zero-order valence-electron chi connectivity index (χ0n) is 29.8. The van der Waals surface area contributed by atoms with Crippen molar-refractivity contribution in [2.24, 2.45) is 0 Å². The van der Waals surface area contributed by atoms with E-state index < -0.39 is 14.4 Å². The number of H-pyrrole nitrogens is 1. The minimum absolute atomic E-state index is 0.0133. The van der Waals surface area contributed by atoms with Crippen LogP contribution in [0.5, 0.6) is 11.5 Å². The number of fused-ring (bicyclic) bond motifs is 1. The van der Waals surface area contributed by atoms with Crippen molar-refractivity contribution in [3.8, 4) is 22.6 Å². The molecule has 0 spiro atoms. The van der Waals surface area contributed by atoms with Crippen LogP contribution in [0.15, 0.2) is 108 Å². The van der Waals surface area contributed by atoms with Crippen molar-refractivity contribution in [3.63, 3.8) is 0 Å². The van der Waals surface area contributed by atoms with E-state index in [1.54, 1.807) is 12.1 Å². The molecule has 0 aliphatic heterocycles. The predicted molar refractivity (Wildman–Crippen MR) is 208 cm³/mol. The number of hydrogen-bond acceptors (Lipinski definition) is 6. The predicted octanol–water partition coefficient (Wildman–Crippen LogP) is 9.33. The molecule has 0 bridgehead atoms. The smallest absolute Gasteiger partial charge is 0.409 e. The van der Waals surface area contributed by atoms with Crippen molar-refractivity contribution in [1.82, 2.24) is 10.3 Å². The van der Waals surface area contributed by atoms with Crippen LogP contribution in [0, 0.1) is 0 Å². The first-order chi connectivity index (χ1) is 24.3. The fraction of sp³-hybridized carbons (Fsp3) is 0.268. The summed E-state index contributed by atoms with van der Waals surface area (Å²) < 4.78 is 13.0. The summed E-state index contributed by atoms with van der Waals surface area (Å²) in [5.41, 5.74) is 5.27. The number of phenolic OH excluding ortho intramolecular Hbond substituents is 1. The van der Waals surface area contributed by atoms with Gasteiger partial charge in [0.1, 0.15) is 11.5 Å². The van der Waals surface area contributed by atoms with Gasteiger partial charge in [0.2, 0.25) is 5.56 Å². The quantitative estimate of drug-likeness (QED) is 0.0575. The zero-order chi connectivity index (χ0) is 36.6. The summed E-state index contributed by atoms with van der Waals surface area (Å²) >= 11 is 0. The van der Waals surface area contributed by atoms with Crippen LogP contribution in [-0.4, -0.2) is 42.8 Å².